The second-order valence-electron chi connectivity index (χ2n) is 3.08. The van der Waals surface area contributed by atoms with Crippen LogP contribution in [0.3, 0.4) is 0 Å². The largest absolute Gasteiger partial charge is 0.370 e. The third kappa shape index (κ3) is 2.15. The Morgan fingerprint density at radius 1 is 1.08 bits per heavy atom. The minimum atomic E-state index is -0.157. The quantitative estimate of drug-likeness (QED) is 0.680. The zero-order valence-electron chi connectivity index (χ0n) is 7.37. The van der Waals surface area contributed by atoms with Crippen LogP contribution in [0.1, 0.15) is 0 Å². The predicted molar refractivity (Wildman–Crippen MR) is 55.9 cm³/mol. The topological polar surface area (TPSA) is 3.24 Å². The molecule has 0 amide bonds. The number of thioether (sulfide) groups is 1. The summed E-state index contributed by atoms with van der Waals surface area (Å²) in [6, 6.07) is 6.75. The molecule has 0 saturated carbocycles. The maximum Gasteiger partial charge on any atom is 0.123 e. The van der Waals surface area contributed by atoms with Gasteiger partial charge in [-0.05, 0) is 24.3 Å². The van der Waals surface area contributed by atoms with Crippen LogP contribution in [-0.2, 0) is 0 Å². The smallest absolute Gasteiger partial charge is 0.123 e. The Morgan fingerprint density at radius 2 is 1.69 bits per heavy atom. The molecule has 1 aromatic rings. The number of anilines is 1. The molecule has 0 aliphatic carbocycles. The maximum absolute atomic E-state index is 12.6. The van der Waals surface area contributed by atoms with Crippen molar-refractivity contribution in [3.05, 3.63) is 30.1 Å². The lowest BCUT2D eigenvalue weighted by Crippen LogP contribution is -2.32. The molecular formula is C10H12FNS. The fourth-order valence-corrected chi connectivity index (χ4v) is 2.38. The average Bonchev–Trinajstić information content (AvgIpc) is 2.20. The highest BCUT2D eigenvalue weighted by Gasteiger charge is 2.10. The molecule has 0 atom stereocenters. The standard InChI is InChI=1S/C10H12FNS/c11-9-1-3-10(4-2-9)12-5-7-13-8-6-12/h1-4H,5-8H2. The molecule has 70 valence electrons. The van der Waals surface area contributed by atoms with E-state index in [1.165, 1.54) is 23.6 Å². The van der Waals surface area contributed by atoms with Crippen LogP contribution >= 0.6 is 11.8 Å². The van der Waals surface area contributed by atoms with Crippen molar-refractivity contribution in [1.29, 1.82) is 0 Å². The summed E-state index contributed by atoms with van der Waals surface area (Å²) in [7, 11) is 0. The number of hydrogen-bond donors (Lipinski definition) is 0. The molecule has 2 rings (SSSR count). The van der Waals surface area contributed by atoms with Crippen molar-refractivity contribution in [1.82, 2.24) is 0 Å². The fourth-order valence-electron chi connectivity index (χ4n) is 1.47. The van der Waals surface area contributed by atoms with Crippen molar-refractivity contribution in [2.24, 2.45) is 0 Å². The molecule has 1 nitrogen and oxygen atoms in total. The van der Waals surface area contributed by atoms with Gasteiger partial charge in [0.15, 0.2) is 0 Å². The highest BCUT2D eigenvalue weighted by molar-refractivity contribution is 7.99. The summed E-state index contributed by atoms with van der Waals surface area (Å²) >= 11 is 1.98. The van der Waals surface area contributed by atoms with Crippen LogP contribution in [0.15, 0.2) is 24.3 Å². The summed E-state index contributed by atoms with van der Waals surface area (Å²) in [6.07, 6.45) is 0. The molecule has 3 heteroatoms. The van der Waals surface area contributed by atoms with Crippen molar-refractivity contribution in [2.45, 2.75) is 0 Å². The first-order valence-corrected chi connectivity index (χ1v) is 5.60. The molecule has 0 bridgehead atoms. The zero-order chi connectivity index (χ0) is 9.10. The van der Waals surface area contributed by atoms with Gasteiger partial charge >= 0.3 is 0 Å². The van der Waals surface area contributed by atoms with E-state index in [9.17, 15) is 4.39 Å². The lowest BCUT2D eigenvalue weighted by atomic mass is 10.3. The average molecular weight is 197 g/mol. The fraction of sp³-hybridized carbons (Fsp3) is 0.400. The van der Waals surface area contributed by atoms with Crippen molar-refractivity contribution in [2.75, 3.05) is 29.5 Å². The minimum Gasteiger partial charge on any atom is -0.370 e. The lowest BCUT2D eigenvalue weighted by Gasteiger charge is -2.28. The van der Waals surface area contributed by atoms with E-state index in [0.29, 0.717) is 0 Å². The van der Waals surface area contributed by atoms with Crippen molar-refractivity contribution < 1.29 is 4.39 Å². The first-order valence-electron chi connectivity index (χ1n) is 4.44. The van der Waals surface area contributed by atoms with Crippen LogP contribution in [0.2, 0.25) is 0 Å². The van der Waals surface area contributed by atoms with Gasteiger partial charge in [0.25, 0.3) is 0 Å². The van der Waals surface area contributed by atoms with Gasteiger partial charge in [0.1, 0.15) is 5.82 Å². The van der Waals surface area contributed by atoms with Crippen LogP contribution in [0, 0.1) is 5.82 Å². The summed E-state index contributed by atoms with van der Waals surface area (Å²) in [4.78, 5) is 2.30. The molecule has 1 aliphatic rings. The van der Waals surface area contributed by atoms with E-state index in [1.54, 1.807) is 0 Å². The lowest BCUT2D eigenvalue weighted by molar-refractivity contribution is 0.627. The molecule has 0 spiro atoms. The van der Waals surface area contributed by atoms with Gasteiger partial charge in [-0.15, -0.1) is 0 Å². The Balaban J connectivity index is 2.10. The number of nitrogens with zero attached hydrogens (tertiary/aromatic N) is 1. The SMILES string of the molecule is Fc1ccc(N2CCSCC2)cc1. The number of halogens is 1. The van der Waals surface area contributed by atoms with Crippen LogP contribution in [0.25, 0.3) is 0 Å². The molecular weight excluding hydrogens is 185 g/mol. The van der Waals surface area contributed by atoms with E-state index in [4.69, 9.17) is 0 Å². The summed E-state index contributed by atoms with van der Waals surface area (Å²) in [5.74, 6) is 2.20. The summed E-state index contributed by atoms with van der Waals surface area (Å²) in [5, 5.41) is 0. The molecule has 0 aromatic heterocycles. The van der Waals surface area contributed by atoms with E-state index in [2.05, 4.69) is 4.90 Å². The van der Waals surface area contributed by atoms with Crippen molar-refractivity contribution in [3.63, 3.8) is 0 Å². The Kier molecular flexibility index (Phi) is 2.74. The van der Waals surface area contributed by atoms with Gasteiger partial charge in [-0.3, -0.25) is 0 Å². The van der Waals surface area contributed by atoms with Crippen molar-refractivity contribution >= 4 is 17.4 Å². The second kappa shape index (κ2) is 4.01. The van der Waals surface area contributed by atoms with Crippen LogP contribution < -0.4 is 4.90 Å². The minimum absolute atomic E-state index is 0.157. The zero-order valence-corrected chi connectivity index (χ0v) is 8.19. The molecule has 0 radical (unpaired) electrons. The van der Waals surface area contributed by atoms with Gasteiger partial charge in [0.2, 0.25) is 0 Å². The molecule has 0 unspecified atom stereocenters. The highest BCUT2D eigenvalue weighted by Crippen LogP contribution is 2.19. The summed E-state index contributed by atoms with van der Waals surface area (Å²) in [5.41, 5.74) is 1.14. The molecule has 1 heterocycles. The van der Waals surface area contributed by atoms with E-state index in [0.717, 1.165) is 18.8 Å². The molecule has 0 N–H and O–H groups in total. The Bertz CT molecular complexity index is 267. The molecule has 1 aliphatic heterocycles. The van der Waals surface area contributed by atoms with Gasteiger partial charge in [-0.25, -0.2) is 4.39 Å². The number of benzene rings is 1. The number of rotatable bonds is 1. The second-order valence-corrected chi connectivity index (χ2v) is 4.30. The first-order chi connectivity index (χ1) is 6.36. The molecule has 13 heavy (non-hydrogen) atoms. The van der Waals surface area contributed by atoms with E-state index >= 15 is 0 Å². The van der Waals surface area contributed by atoms with Crippen LogP contribution in [-0.4, -0.2) is 24.6 Å². The van der Waals surface area contributed by atoms with Gasteiger partial charge in [-0.1, -0.05) is 0 Å². The normalized spacial score (nSPS) is 17.5. The Morgan fingerprint density at radius 3 is 2.31 bits per heavy atom. The monoisotopic (exact) mass is 197 g/mol. The van der Waals surface area contributed by atoms with Gasteiger partial charge in [0.05, 0.1) is 0 Å². The summed E-state index contributed by atoms with van der Waals surface area (Å²) < 4.78 is 12.6. The predicted octanol–water partition coefficient (Wildman–Crippen LogP) is 2.38. The van der Waals surface area contributed by atoms with Crippen LogP contribution in [0.4, 0.5) is 10.1 Å². The third-order valence-electron chi connectivity index (χ3n) is 2.20. The molecule has 1 aromatic carbocycles. The number of hydrogen-bond acceptors (Lipinski definition) is 2. The third-order valence-corrected chi connectivity index (χ3v) is 3.15. The van der Waals surface area contributed by atoms with E-state index < -0.39 is 0 Å². The van der Waals surface area contributed by atoms with E-state index in [-0.39, 0.29) is 5.82 Å². The molecule has 1 saturated heterocycles. The maximum atomic E-state index is 12.6. The van der Waals surface area contributed by atoms with Gasteiger partial charge < -0.3 is 4.90 Å². The van der Waals surface area contributed by atoms with Crippen molar-refractivity contribution in [3.8, 4) is 0 Å². The highest BCUT2D eigenvalue weighted by atomic mass is 32.2. The van der Waals surface area contributed by atoms with E-state index in [1.807, 2.05) is 23.9 Å². The summed E-state index contributed by atoms with van der Waals surface area (Å²) in [6.45, 7) is 2.16. The first kappa shape index (κ1) is 8.88. The van der Waals surface area contributed by atoms with Gasteiger partial charge in [-0.2, -0.15) is 11.8 Å². The Hall–Kier alpha value is -0.700. The Labute approximate surface area is 81.9 Å². The van der Waals surface area contributed by atoms with Gasteiger partial charge in [0, 0.05) is 30.3 Å². The van der Waals surface area contributed by atoms with Crippen LogP contribution in [0.5, 0.6) is 0 Å². The molecule has 1 fully saturated rings.